The Hall–Kier alpha value is -2.34. The summed E-state index contributed by atoms with van der Waals surface area (Å²) in [5.74, 6) is 0. The molecule has 0 aromatic heterocycles. The van der Waals surface area contributed by atoms with Gasteiger partial charge in [0.05, 0.1) is 0 Å². The van der Waals surface area contributed by atoms with Gasteiger partial charge in [0.15, 0.2) is 0 Å². The van der Waals surface area contributed by atoms with Crippen LogP contribution in [0.5, 0.6) is 0 Å². The summed E-state index contributed by atoms with van der Waals surface area (Å²) in [7, 11) is -6.60. The van der Waals surface area contributed by atoms with Gasteiger partial charge in [0.2, 0.25) is 0 Å². The minimum atomic E-state index is -4.61. The second kappa shape index (κ2) is 10.3. The van der Waals surface area contributed by atoms with Gasteiger partial charge in [-0.2, -0.15) is 0 Å². The van der Waals surface area contributed by atoms with Crippen LogP contribution in [-0.4, -0.2) is 28.2 Å². The summed E-state index contributed by atoms with van der Waals surface area (Å²) < 4.78 is 0. The SMILES string of the molecule is Clc1ccc([P+](c2ccccc2)(c2ccccc2)c2ccccc2)cc1.O[Si](O)(O)O. The van der Waals surface area contributed by atoms with Crippen molar-refractivity contribution in [2.45, 2.75) is 0 Å². The zero-order valence-corrected chi connectivity index (χ0v) is 19.2. The van der Waals surface area contributed by atoms with Gasteiger partial charge in [-0.15, -0.1) is 0 Å². The molecule has 0 aliphatic heterocycles. The average Bonchev–Trinajstić information content (AvgIpc) is 2.77. The first-order chi connectivity index (χ1) is 14.8. The van der Waals surface area contributed by atoms with E-state index < -0.39 is 16.3 Å². The van der Waals surface area contributed by atoms with Gasteiger partial charge in [0.1, 0.15) is 28.5 Å². The number of rotatable bonds is 4. The number of benzene rings is 4. The van der Waals surface area contributed by atoms with Crippen LogP contribution in [0.3, 0.4) is 0 Å². The summed E-state index contributed by atoms with van der Waals surface area (Å²) >= 11 is 6.21. The van der Waals surface area contributed by atoms with Crippen LogP contribution in [0.15, 0.2) is 115 Å². The Kier molecular flexibility index (Phi) is 7.76. The summed E-state index contributed by atoms with van der Waals surface area (Å²) in [5, 5.41) is 6.12. The van der Waals surface area contributed by atoms with E-state index >= 15 is 0 Å². The molecule has 158 valence electrons. The largest absolute Gasteiger partial charge is 0.668 e. The van der Waals surface area contributed by atoms with Crippen LogP contribution in [0.25, 0.3) is 0 Å². The molecule has 0 amide bonds. The maximum Gasteiger partial charge on any atom is 0.668 e. The average molecular weight is 470 g/mol. The van der Waals surface area contributed by atoms with Gasteiger partial charge in [0, 0.05) is 5.02 Å². The van der Waals surface area contributed by atoms with E-state index in [1.54, 1.807) is 0 Å². The van der Waals surface area contributed by atoms with E-state index in [0.29, 0.717) is 0 Å². The Morgan fingerprint density at radius 3 is 1.00 bits per heavy atom. The van der Waals surface area contributed by atoms with E-state index in [1.165, 1.54) is 21.2 Å². The fourth-order valence-electron chi connectivity index (χ4n) is 3.51. The van der Waals surface area contributed by atoms with Crippen molar-refractivity contribution < 1.29 is 19.2 Å². The van der Waals surface area contributed by atoms with Crippen molar-refractivity contribution in [1.82, 2.24) is 0 Å². The first-order valence-corrected chi connectivity index (χ1v) is 13.5. The third-order valence-electron chi connectivity index (χ3n) is 4.64. The first kappa shape index (κ1) is 23.3. The molecule has 0 saturated carbocycles. The second-order valence-corrected chi connectivity index (χ2v) is 11.8. The van der Waals surface area contributed by atoms with Crippen molar-refractivity contribution in [1.29, 1.82) is 0 Å². The first-order valence-electron chi connectivity index (χ1n) is 9.53. The lowest BCUT2D eigenvalue weighted by Crippen LogP contribution is -2.38. The van der Waals surface area contributed by atoms with E-state index in [0.717, 1.165) is 5.02 Å². The predicted molar refractivity (Wildman–Crippen MR) is 131 cm³/mol. The molecule has 0 bridgehead atoms. The molecule has 0 radical (unpaired) electrons. The molecule has 0 aliphatic carbocycles. The molecule has 0 spiro atoms. The Morgan fingerprint density at radius 2 is 0.710 bits per heavy atom. The summed E-state index contributed by atoms with van der Waals surface area (Å²) in [6.07, 6.45) is 0. The van der Waals surface area contributed by atoms with E-state index in [4.69, 9.17) is 30.8 Å². The molecule has 7 heteroatoms. The fourth-order valence-corrected chi connectivity index (χ4v) is 7.88. The van der Waals surface area contributed by atoms with E-state index in [1.807, 2.05) is 12.1 Å². The van der Waals surface area contributed by atoms with Crippen molar-refractivity contribution in [3.8, 4) is 0 Å². The van der Waals surface area contributed by atoms with Gasteiger partial charge in [-0.05, 0) is 60.7 Å². The van der Waals surface area contributed by atoms with Gasteiger partial charge >= 0.3 is 9.05 Å². The molecule has 4 rings (SSSR count). The second-order valence-electron chi connectivity index (χ2n) is 6.75. The lowest BCUT2D eigenvalue weighted by atomic mass is 10.3. The zero-order chi connectivity index (χ0) is 22.3. The van der Waals surface area contributed by atoms with Crippen molar-refractivity contribution >= 4 is 49.1 Å². The fraction of sp³-hybridized carbons (Fsp3) is 0. The highest BCUT2D eigenvalue weighted by atomic mass is 35.5. The lowest BCUT2D eigenvalue weighted by molar-refractivity contribution is 0.117. The van der Waals surface area contributed by atoms with Gasteiger partial charge in [-0.1, -0.05) is 66.2 Å². The smallest absolute Gasteiger partial charge is 0.368 e. The number of halogens is 1. The molecule has 0 heterocycles. The summed E-state index contributed by atoms with van der Waals surface area (Å²) in [4.78, 5) is 29.3. The third kappa shape index (κ3) is 5.88. The van der Waals surface area contributed by atoms with Gasteiger partial charge < -0.3 is 19.2 Å². The summed E-state index contributed by atoms with van der Waals surface area (Å²) in [6.45, 7) is 0. The van der Waals surface area contributed by atoms with Crippen molar-refractivity contribution in [2.24, 2.45) is 0 Å². The molecular weight excluding hydrogens is 447 g/mol. The summed E-state index contributed by atoms with van der Waals surface area (Å²) in [5.41, 5.74) is 0. The zero-order valence-electron chi connectivity index (χ0n) is 16.6. The quantitative estimate of drug-likeness (QED) is 0.273. The Morgan fingerprint density at radius 1 is 0.452 bits per heavy atom. The van der Waals surface area contributed by atoms with Gasteiger partial charge in [0.25, 0.3) is 0 Å². The maximum absolute atomic E-state index is 7.33. The minimum Gasteiger partial charge on any atom is -0.368 e. The molecule has 0 aliphatic rings. The highest BCUT2D eigenvalue weighted by molar-refractivity contribution is 8.01. The minimum absolute atomic E-state index is 0.765. The van der Waals surface area contributed by atoms with Crippen LogP contribution in [0.1, 0.15) is 0 Å². The van der Waals surface area contributed by atoms with Crippen molar-refractivity contribution in [3.05, 3.63) is 120 Å². The Bertz CT molecular complexity index is 971. The molecule has 31 heavy (non-hydrogen) atoms. The van der Waals surface area contributed by atoms with E-state index in [-0.39, 0.29) is 0 Å². The molecule has 0 fully saturated rings. The molecule has 4 aromatic rings. The molecule has 4 aromatic carbocycles. The maximum atomic E-state index is 7.33. The number of hydrogen-bond donors (Lipinski definition) is 4. The normalized spacial score (nSPS) is 11.4. The van der Waals surface area contributed by atoms with Gasteiger partial charge in [-0.25, -0.2) is 0 Å². The van der Waals surface area contributed by atoms with Crippen LogP contribution in [-0.2, 0) is 0 Å². The highest BCUT2D eigenvalue weighted by Crippen LogP contribution is 2.54. The number of hydrogen-bond acceptors (Lipinski definition) is 4. The third-order valence-corrected chi connectivity index (χ3v) is 9.19. The van der Waals surface area contributed by atoms with Crippen molar-refractivity contribution in [3.63, 3.8) is 0 Å². The molecule has 4 nitrogen and oxygen atoms in total. The van der Waals surface area contributed by atoms with Crippen LogP contribution in [0, 0.1) is 0 Å². The highest BCUT2D eigenvalue weighted by Gasteiger charge is 2.47. The van der Waals surface area contributed by atoms with Crippen LogP contribution >= 0.6 is 18.9 Å². The monoisotopic (exact) mass is 469 g/mol. The van der Waals surface area contributed by atoms with E-state index in [9.17, 15) is 0 Å². The molecular formula is C24H23ClO4PSi+. The van der Waals surface area contributed by atoms with Gasteiger partial charge in [-0.3, -0.25) is 0 Å². The van der Waals surface area contributed by atoms with Crippen LogP contribution < -0.4 is 21.2 Å². The lowest BCUT2D eigenvalue weighted by Gasteiger charge is -2.27. The molecule has 0 unspecified atom stereocenters. The Balaban J connectivity index is 0.000000491. The topological polar surface area (TPSA) is 80.9 Å². The molecule has 0 atom stereocenters. The molecule has 4 N–H and O–H groups in total. The van der Waals surface area contributed by atoms with E-state index in [2.05, 4.69) is 103 Å². The summed E-state index contributed by atoms with van der Waals surface area (Å²) in [6, 6.07) is 40.9. The Labute approximate surface area is 188 Å². The van der Waals surface area contributed by atoms with Crippen molar-refractivity contribution in [2.75, 3.05) is 0 Å². The van der Waals surface area contributed by atoms with Crippen LogP contribution in [0.2, 0.25) is 5.02 Å². The van der Waals surface area contributed by atoms with Crippen LogP contribution in [0.4, 0.5) is 0 Å². The standard InChI is InChI=1S/C24H19ClP.H4O4Si/c25-20-16-18-24(19-17-20)26(21-10-4-1-5-11-21,22-12-6-2-7-13-22)23-14-8-3-9-15-23;1-5(2,3)4/h1-19H;1-4H/q+1;. The molecule has 0 saturated heterocycles. The predicted octanol–water partition coefficient (Wildman–Crippen LogP) is 2.35.